The van der Waals surface area contributed by atoms with E-state index in [1.165, 1.54) is 32.4 Å². The van der Waals surface area contributed by atoms with Gasteiger partial charge >= 0.3 is 0 Å². The van der Waals surface area contributed by atoms with E-state index >= 15 is 0 Å². The minimum atomic E-state index is -1.22. The predicted molar refractivity (Wildman–Crippen MR) is 102 cm³/mol. The number of aliphatic carboxylic acids is 1. The molecule has 1 amide bonds. The van der Waals surface area contributed by atoms with Crippen LogP contribution in [0.3, 0.4) is 0 Å². The van der Waals surface area contributed by atoms with Crippen molar-refractivity contribution in [1.29, 1.82) is 0 Å². The Morgan fingerprint density at radius 3 is 2.55 bits per heavy atom. The predicted octanol–water partition coefficient (Wildman–Crippen LogP) is 1.52. The highest BCUT2D eigenvalue weighted by atomic mass is 19.1. The number of rotatable bonds is 7. The van der Waals surface area contributed by atoms with Crippen molar-refractivity contribution < 1.29 is 28.6 Å². The number of carboxylic acids is 1. The van der Waals surface area contributed by atoms with E-state index in [2.05, 4.69) is 5.32 Å². The summed E-state index contributed by atoms with van der Waals surface area (Å²) in [5.41, 5.74) is 1.76. The Bertz CT molecular complexity index is 918. The zero-order valence-corrected chi connectivity index (χ0v) is 16.2. The first-order valence-electron chi connectivity index (χ1n) is 9.16. The van der Waals surface area contributed by atoms with Crippen LogP contribution in [-0.2, 0) is 16.0 Å². The quantitative estimate of drug-likeness (QED) is 0.757. The molecule has 7 nitrogen and oxygen atoms in total. The monoisotopic (exact) mass is 401 g/mol. The molecule has 0 aromatic heterocycles. The topological polar surface area (TPSA) is 90.9 Å². The van der Waals surface area contributed by atoms with Gasteiger partial charge < -0.3 is 24.7 Å². The Balaban J connectivity index is 1.84. The Morgan fingerprint density at radius 2 is 1.90 bits per heavy atom. The van der Waals surface area contributed by atoms with Crippen molar-refractivity contribution in [2.75, 3.05) is 32.6 Å². The number of ether oxygens (including phenoxy) is 2. The van der Waals surface area contributed by atoms with Crippen LogP contribution < -0.4 is 19.9 Å². The van der Waals surface area contributed by atoms with Crippen LogP contribution in [0.4, 0.5) is 10.1 Å². The van der Waals surface area contributed by atoms with Gasteiger partial charge in [0.25, 0.3) is 0 Å². The van der Waals surface area contributed by atoms with Crippen LogP contribution in [0.15, 0.2) is 36.4 Å². The first kappa shape index (κ1) is 20.6. The zero-order valence-electron chi connectivity index (χ0n) is 16.2. The summed E-state index contributed by atoms with van der Waals surface area (Å²) in [6, 6.07) is 8.86. The maximum absolute atomic E-state index is 13.8. The zero-order chi connectivity index (χ0) is 21.0. The number of fused-ring (bicyclic) bond motifs is 1. The number of amides is 1. The molecule has 1 aliphatic heterocycles. The number of carbonyl (C=O) groups is 2. The number of nitrogens with zero attached hydrogens (tertiary/aromatic N) is 1. The van der Waals surface area contributed by atoms with Gasteiger partial charge in [0.1, 0.15) is 5.82 Å². The van der Waals surface area contributed by atoms with Gasteiger partial charge in [0.05, 0.1) is 26.5 Å². The Labute approximate surface area is 168 Å². The van der Waals surface area contributed by atoms with Gasteiger partial charge in [0.15, 0.2) is 11.5 Å². The lowest BCUT2D eigenvalue weighted by molar-refractivity contribution is -0.307. The van der Waals surface area contributed by atoms with E-state index in [1.54, 1.807) is 17.0 Å². The van der Waals surface area contributed by atoms with E-state index in [9.17, 15) is 19.1 Å². The maximum Gasteiger partial charge on any atom is 0.238 e. The molecular formula is C21H22FN2O5-. The first-order valence-corrected chi connectivity index (χ1v) is 9.16. The second-order valence-corrected chi connectivity index (χ2v) is 6.75. The van der Waals surface area contributed by atoms with Gasteiger partial charge in [-0.25, -0.2) is 4.39 Å². The molecule has 1 N–H and O–H groups in total. The summed E-state index contributed by atoms with van der Waals surface area (Å²) in [5.74, 6) is -1.15. The van der Waals surface area contributed by atoms with Gasteiger partial charge in [0, 0.05) is 25.0 Å². The van der Waals surface area contributed by atoms with Crippen LogP contribution in [-0.4, -0.2) is 44.1 Å². The fraction of sp³-hybridized carbons (Fsp3) is 0.333. The van der Waals surface area contributed by atoms with Gasteiger partial charge in [-0.1, -0.05) is 12.1 Å². The van der Waals surface area contributed by atoms with Crippen molar-refractivity contribution in [3.63, 3.8) is 0 Å². The maximum atomic E-state index is 13.8. The second-order valence-electron chi connectivity index (χ2n) is 6.75. The number of carboxylic acid groups (broad SMARTS) is 1. The summed E-state index contributed by atoms with van der Waals surface area (Å²) in [4.78, 5) is 25.6. The van der Waals surface area contributed by atoms with Crippen molar-refractivity contribution >= 4 is 17.6 Å². The van der Waals surface area contributed by atoms with Crippen molar-refractivity contribution in [1.82, 2.24) is 4.90 Å². The largest absolute Gasteiger partial charge is 0.550 e. The van der Waals surface area contributed by atoms with Crippen molar-refractivity contribution in [3.05, 3.63) is 53.3 Å². The molecular weight excluding hydrogens is 379 g/mol. The highest BCUT2D eigenvalue weighted by molar-refractivity contribution is 5.92. The average Bonchev–Trinajstić information content (AvgIpc) is 2.70. The van der Waals surface area contributed by atoms with Crippen LogP contribution in [0.25, 0.3) is 0 Å². The van der Waals surface area contributed by atoms with Gasteiger partial charge in [-0.05, 0) is 41.8 Å². The number of hydrogen-bond acceptors (Lipinski definition) is 6. The number of nitrogens with one attached hydrogen (secondary N) is 1. The fourth-order valence-electron chi connectivity index (χ4n) is 3.60. The Kier molecular flexibility index (Phi) is 6.33. The smallest absolute Gasteiger partial charge is 0.238 e. The van der Waals surface area contributed by atoms with Crippen LogP contribution in [0.2, 0.25) is 0 Å². The third kappa shape index (κ3) is 4.65. The summed E-state index contributed by atoms with van der Waals surface area (Å²) >= 11 is 0. The molecule has 0 aliphatic carbocycles. The molecule has 2 aromatic carbocycles. The summed E-state index contributed by atoms with van der Waals surface area (Å²) in [6.45, 7) is 0.380. The molecule has 8 heteroatoms. The lowest BCUT2D eigenvalue weighted by atomic mass is 9.90. The third-order valence-corrected chi connectivity index (χ3v) is 4.97. The minimum Gasteiger partial charge on any atom is -0.550 e. The van der Waals surface area contributed by atoms with E-state index in [0.717, 1.165) is 11.1 Å². The molecule has 1 unspecified atom stereocenters. The van der Waals surface area contributed by atoms with Crippen LogP contribution >= 0.6 is 0 Å². The van der Waals surface area contributed by atoms with E-state index in [-0.39, 0.29) is 18.7 Å². The molecule has 0 spiro atoms. The van der Waals surface area contributed by atoms with Crippen LogP contribution in [0.1, 0.15) is 23.6 Å². The number of halogens is 1. The first-order chi connectivity index (χ1) is 13.9. The summed E-state index contributed by atoms with van der Waals surface area (Å²) in [5, 5.41) is 13.9. The molecule has 29 heavy (non-hydrogen) atoms. The highest BCUT2D eigenvalue weighted by Gasteiger charge is 2.30. The lowest BCUT2D eigenvalue weighted by Crippen LogP contribution is -2.43. The van der Waals surface area contributed by atoms with E-state index in [0.29, 0.717) is 24.5 Å². The molecule has 0 bridgehead atoms. The minimum absolute atomic E-state index is 0.0813. The molecule has 0 radical (unpaired) electrons. The average molecular weight is 401 g/mol. The molecule has 0 saturated heterocycles. The Morgan fingerprint density at radius 1 is 1.21 bits per heavy atom. The lowest BCUT2D eigenvalue weighted by Gasteiger charge is -2.37. The Hall–Kier alpha value is -3.13. The second kappa shape index (κ2) is 8.91. The van der Waals surface area contributed by atoms with Gasteiger partial charge in [0.2, 0.25) is 5.91 Å². The van der Waals surface area contributed by atoms with Gasteiger partial charge in [-0.2, -0.15) is 0 Å². The number of para-hydroxylation sites is 1. The standard InChI is InChI=1S/C21H23FN2O5/c1-28-18-9-13-7-8-24(12-20(25)23-16-6-4-3-5-15(16)22)17(11-21(26)27)14(13)10-19(18)29-2/h3-6,9-10,17H,7-8,11-12H2,1-2H3,(H,23,25)(H,26,27)/p-1. The van der Waals surface area contributed by atoms with Gasteiger partial charge in [-0.15, -0.1) is 0 Å². The highest BCUT2D eigenvalue weighted by Crippen LogP contribution is 2.39. The molecule has 3 rings (SSSR count). The molecule has 1 aliphatic rings. The van der Waals surface area contributed by atoms with Crippen molar-refractivity contribution in [2.45, 2.75) is 18.9 Å². The number of carbonyl (C=O) groups excluding carboxylic acids is 2. The van der Waals surface area contributed by atoms with E-state index in [1.807, 2.05) is 6.07 Å². The molecule has 1 heterocycles. The van der Waals surface area contributed by atoms with Crippen LogP contribution in [0.5, 0.6) is 11.5 Å². The fourth-order valence-corrected chi connectivity index (χ4v) is 3.60. The van der Waals surface area contributed by atoms with E-state index < -0.39 is 23.7 Å². The molecule has 0 saturated carbocycles. The summed E-state index contributed by atoms with van der Waals surface area (Å²) in [7, 11) is 3.03. The number of anilines is 1. The number of hydrogen-bond donors (Lipinski definition) is 1. The SMILES string of the molecule is COc1cc2c(cc1OC)C(CC(=O)[O-])N(CC(=O)Nc1ccccc1F)CC2. The third-order valence-electron chi connectivity index (χ3n) is 4.97. The summed E-state index contributed by atoms with van der Waals surface area (Å²) in [6.07, 6.45) is 0.321. The van der Waals surface area contributed by atoms with Gasteiger partial charge in [-0.3, -0.25) is 9.69 Å². The van der Waals surface area contributed by atoms with Crippen molar-refractivity contribution in [3.8, 4) is 11.5 Å². The number of methoxy groups -OCH3 is 2. The molecule has 1 atom stereocenters. The van der Waals surface area contributed by atoms with E-state index in [4.69, 9.17) is 9.47 Å². The summed E-state index contributed by atoms with van der Waals surface area (Å²) < 4.78 is 24.4. The van der Waals surface area contributed by atoms with Crippen LogP contribution in [0, 0.1) is 5.82 Å². The normalized spacial score (nSPS) is 16.0. The molecule has 0 fully saturated rings. The van der Waals surface area contributed by atoms with Crippen molar-refractivity contribution in [2.24, 2.45) is 0 Å². The molecule has 2 aromatic rings. The molecule has 154 valence electrons. The number of benzene rings is 2.